The molecule has 0 saturated heterocycles. The molecule has 0 bridgehead atoms. The fourth-order valence-electron chi connectivity index (χ4n) is 7.35. The molecule has 1 N–H and O–H groups in total. The number of carbonyl (C=O) groups is 2. The van der Waals surface area contributed by atoms with Gasteiger partial charge in [-0.1, -0.05) is 229 Å². The molecule has 384 valence electrons. The molecular weight excluding hydrogens is 846 g/mol. The Morgan fingerprint density at radius 1 is 0.470 bits per heavy atom. The Labute approximate surface area is 406 Å². The zero-order valence-electron chi connectivity index (χ0n) is 43.4. The molecule has 1 unspecified atom stereocenters. The van der Waals surface area contributed by atoms with Gasteiger partial charge in [-0.15, -0.1) is 0 Å². The van der Waals surface area contributed by atoms with Crippen molar-refractivity contribution in [2.24, 2.45) is 0 Å². The lowest BCUT2D eigenvalue weighted by Gasteiger charge is -2.24. The number of likely N-dealkylation sites (N-methyl/N-ethyl adjacent to an activating group) is 1. The molecule has 2 atom stereocenters. The maximum absolute atomic E-state index is 12.7. The predicted octanol–water partition coefficient (Wildman–Crippen LogP) is 16.4. The number of ether oxygens (including phenoxy) is 2. The summed E-state index contributed by atoms with van der Waals surface area (Å²) in [4.78, 5) is 35.5. The number of quaternary nitrogens is 1. The number of unbranched alkanes of at least 4 members (excludes halogenated alkanes) is 25. The van der Waals surface area contributed by atoms with Crippen molar-refractivity contribution < 1.29 is 42.1 Å². The van der Waals surface area contributed by atoms with E-state index in [9.17, 15) is 19.0 Å². The highest BCUT2D eigenvalue weighted by molar-refractivity contribution is 7.47. The molecule has 0 aliphatic rings. The first-order valence-corrected chi connectivity index (χ1v) is 28.5. The number of phosphoric acid groups is 1. The van der Waals surface area contributed by atoms with Crippen molar-refractivity contribution in [2.75, 3.05) is 47.5 Å². The van der Waals surface area contributed by atoms with Gasteiger partial charge in [0.05, 0.1) is 27.7 Å². The van der Waals surface area contributed by atoms with Crippen LogP contribution < -0.4 is 0 Å². The van der Waals surface area contributed by atoms with E-state index in [4.69, 9.17) is 18.5 Å². The second-order valence-electron chi connectivity index (χ2n) is 19.3. The van der Waals surface area contributed by atoms with E-state index in [0.717, 1.165) is 44.9 Å². The Balaban J connectivity index is 4.28. The second-order valence-corrected chi connectivity index (χ2v) is 20.7. The van der Waals surface area contributed by atoms with Crippen LogP contribution in [0.3, 0.4) is 0 Å². The normalized spacial score (nSPS) is 13.8. The molecule has 9 nitrogen and oxygen atoms in total. The van der Waals surface area contributed by atoms with Gasteiger partial charge in [-0.2, -0.15) is 0 Å². The maximum atomic E-state index is 12.7. The van der Waals surface area contributed by atoms with Gasteiger partial charge >= 0.3 is 19.8 Å². The molecule has 0 saturated carbocycles. The van der Waals surface area contributed by atoms with Crippen molar-refractivity contribution in [1.82, 2.24) is 0 Å². The first-order chi connectivity index (χ1) is 32.0. The zero-order chi connectivity index (χ0) is 48.5. The third-order valence-electron chi connectivity index (χ3n) is 11.6. The van der Waals surface area contributed by atoms with Crippen LogP contribution in [0.2, 0.25) is 0 Å². The second kappa shape index (κ2) is 47.8. The highest BCUT2D eigenvalue weighted by Gasteiger charge is 2.27. The molecule has 0 amide bonds. The Kier molecular flexibility index (Phi) is 46.1. The standard InChI is InChI=1S/C56H102NO8P/c1-6-8-10-12-14-16-18-20-22-24-26-27-28-29-31-32-34-36-38-40-42-44-46-48-55(58)62-52-54(53-64-66(60,61)63-51-50-57(3,4)5)65-56(59)49-47-45-43-41-39-37-35-33-30-25-23-21-19-17-15-13-11-9-7-2/h15,17,21,23,30,33,37,39,43,45,54H,6-14,16,18-20,22,24-29,31-32,34-36,38,40-42,44,46-53H2,1-5H3/p+1/b17-15+,23-21+,33-30+,39-37+,45-43+/t54-/m1/s1. The molecule has 0 aliphatic heterocycles. The fraction of sp³-hybridized carbons (Fsp3) is 0.786. The number of rotatable bonds is 49. The summed E-state index contributed by atoms with van der Waals surface area (Å²) in [7, 11) is 1.43. The number of carbonyl (C=O) groups excluding carboxylic acids is 2. The lowest BCUT2D eigenvalue weighted by molar-refractivity contribution is -0.870. The van der Waals surface area contributed by atoms with Gasteiger partial charge in [-0.3, -0.25) is 18.6 Å². The summed E-state index contributed by atoms with van der Waals surface area (Å²) in [5.41, 5.74) is 0. The summed E-state index contributed by atoms with van der Waals surface area (Å²) in [6, 6.07) is 0. The van der Waals surface area contributed by atoms with E-state index in [1.165, 1.54) is 154 Å². The molecular formula is C56H103NO8P+. The van der Waals surface area contributed by atoms with Gasteiger partial charge in [0.2, 0.25) is 0 Å². The highest BCUT2D eigenvalue weighted by atomic mass is 31.2. The summed E-state index contributed by atoms with van der Waals surface area (Å²) in [6.45, 7) is 4.34. The number of allylic oxidation sites excluding steroid dienone is 10. The highest BCUT2D eigenvalue weighted by Crippen LogP contribution is 2.43. The van der Waals surface area contributed by atoms with Gasteiger partial charge in [0.15, 0.2) is 6.10 Å². The van der Waals surface area contributed by atoms with Crippen LogP contribution in [0.4, 0.5) is 0 Å². The quantitative estimate of drug-likeness (QED) is 0.0211. The topological polar surface area (TPSA) is 108 Å². The van der Waals surface area contributed by atoms with Crippen LogP contribution >= 0.6 is 7.82 Å². The van der Waals surface area contributed by atoms with Gasteiger partial charge in [0, 0.05) is 12.8 Å². The Hall–Kier alpha value is -2.29. The number of nitrogens with zero attached hydrogens (tertiary/aromatic N) is 1. The van der Waals surface area contributed by atoms with Crippen molar-refractivity contribution in [3.63, 3.8) is 0 Å². The molecule has 0 aromatic rings. The van der Waals surface area contributed by atoms with E-state index in [1.807, 2.05) is 33.3 Å². The van der Waals surface area contributed by atoms with Crippen LogP contribution in [0, 0.1) is 0 Å². The van der Waals surface area contributed by atoms with Crippen molar-refractivity contribution in [3.8, 4) is 0 Å². The zero-order valence-corrected chi connectivity index (χ0v) is 44.3. The SMILES string of the molecule is CCCCC/C=C/C/C=C/C/C=C/C/C=C/C/C=C/CCC(=O)O[C@H](COC(=O)CCCCCCCCCCCCCCCCCCCCCCCCC)COP(=O)(O)OCC[N+](C)(C)C. The van der Waals surface area contributed by atoms with Crippen molar-refractivity contribution in [1.29, 1.82) is 0 Å². The molecule has 0 radical (unpaired) electrons. The average molecular weight is 949 g/mol. The van der Waals surface area contributed by atoms with Crippen LogP contribution in [-0.2, 0) is 32.7 Å². The van der Waals surface area contributed by atoms with E-state index in [0.29, 0.717) is 17.4 Å². The monoisotopic (exact) mass is 949 g/mol. The minimum Gasteiger partial charge on any atom is -0.462 e. The van der Waals surface area contributed by atoms with Crippen molar-refractivity contribution >= 4 is 19.8 Å². The summed E-state index contributed by atoms with van der Waals surface area (Å²) in [5, 5.41) is 0. The minimum atomic E-state index is -4.40. The van der Waals surface area contributed by atoms with Crippen LogP contribution in [0.15, 0.2) is 60.8 Å². The van der Waals surface area contributed by atoms with Crippen LogP contribution in [-0.4, -0.2) is 74.9 Å². The van der Waals surface area contributed by atoms with E-state index in [1.54, 1.807) is 0 Å². The van der Waals surface area contributed by atoms with Gasteiger partial charge < -0.3 is 18.9 Å². The first kappa shape index (κ1) is 63.7. The van der Waals surface area contributed by atoms with Gasteiger partial charge in [-0.05, 0) is 51.4 Å². The van der Waals surface area contributed by atoms with Gasteiger partial charge in [0.25, 0.3) is 0 Å². The van der Waals surface area contributed by atoms with E-state index in [-0.39, 0.29) is 32.0 Å². The summed E-state index contributed by atoms with van der Waals surface area (Å²) >= 11 is 0. The van der Waals surface area contributed by atoms with Gasteiger partial charge in [-0.25, -0.2) is 4.57 Å². The molecule has 0 aromatic carbocycles. The smallest absolute Gasteiger partial charge is 0.462 e. The lowest BCUT2D eigenvalue weighted by Crippen LogP contribution is -2.37. The molecule has 0 spiro atoms. The van der Waals surface area contributed by atoms with Crippen LogP contribution in [0.5, 0.6) is 0 Å². The van der Waals surface area contributed by atoms with Crippen molar-refractivity contribution in [3.05, 3.63) is 60.8 Å². The van der Waals surface area contributed by atoms with Crippen molar-refractivity contribution in [2.45, 2.75) is 238 Å². The number of esters is 2. The van der Waals surface area contributed by atoms with E-state index < -0.39 is 26.5 Å². The Morgan fingerprint density at radius 3 is 1.27 bits per heavy atom. The largest absolute Gasteiger partial charge is 0.472 e. The van der Waals surface area contributed by atoms with Crippen LogP contribution in [0.25, 0.3) is 0 Å². The third-order valence-corrected chi connectivity index (χ3v) is 12.5. The molecule has 0 fully saturated rings. The first-order valence-electron chi connectivity index (χ1n) is 27.0. The number of hydrogen-bond acceptors (Lipinski definition) is 7. The molecule has 0 heterocycles. The summed E-state index contributed by atoms with van der Waals surface area (Å²) in [5.74, 6) is -0.888. The maximum Gasteiger partial charge on any atom is 0.472 e. The molecule has 10 heteroatoms. The lowest BCUT2D eigenvalue weighted by atomic mass is 10.0. The molecule has 0 aromatic heterocycles. The summed E-state index contributed by atoms with van der Waals surface area (Å²) in [6.07, 6.45) is 60.2. The summed E-state index contributed by atoms with van der Waals surface area (Å²) < 4.78 is 34.4. The molecule has 66 heavy (non-hydrogen) atoms. The van der Waals surface area contributed by atoms with E-state index in [2.05, 4.69) is 62.5 Å². The third kappa shape index (κ3) is 51.1. The minimum absolute atomic E-state index is 0.0175. The van der Waals surface area contributed by atoms with E-state index >= 15 is 0 Å². The van der Waals surface area contributed by atoms with Gasteiger partial charge in [0.1, 0.15) is 19.8 Å². The Bertz CT molecular complexity index is 1300. The Morgan fingerprint density at radius 2 is 0.848 bits per heavy atom. The fourth-order valence-corrected chi connectivity index (χ4v) is 8.09. The molecule has 0 aliphatic carbocycles. The predicted molar refractivity (Wildman–Crippen MR) is 279 cm³/mol. The average Bonchev–Trinajstić information content (AvgIpc) is 3.27. The number of hydrogen-bond donors (Lipinski definition) is 1. The number of phosphoric ester groups is 1. The molecule has 0 rings (SSSR count). The van der Waals surface area contributed by atoms with Crippen LogP contribution in [0.1, 0.15) is 232 Å².